The highest BCUT2D eigenvalue weighted by atomic mass is 35.5. The van der Waals surface area contributed by atoms with Gasteiger partial charge in [0.2, 0.25) is 11.9 Å². The van der Waals surface area contributed by atoms with Crippen molar-refractivity contribution >= 4 is 50.6 Å². The number of aromatic nitrogens is 3. The molecule has 3 aromatic rings. The lowest BCUT2D eigenvalue weighted by Crippen LogP contribution is -1.97. The molecule has 25 heavy (non-hydrogen) atoms. The van der Waals surface area contributed by atoms with Crippen molar-refractivity contribution in [1.82, 2.24) is 15.2 Å². The summed E-state index contributed by atoms with van der Waals surface area (Å²) in [6, 6.07) is 9.68. The van der Waals surface area contributed by atoms with Gasteiger partial charge >= 0.3 is 0 Å². The van der Waals surface area contributed by atoms with Crippen LogP contribution >= 0.6 is 23.2 Å². The Morgan fingerprint density at radius 1 is 1.12 bits per heavy atom. The van der Waals surface area contributed by atoms with Crippen LogP contribution in [0.15, 0.2) is 41.3 Å². The van der Waals surface area contributed by atoms with Gasteiger partial charge in [0.15, 0.2) is 9.84 Å². The number of benzene rings is 2. The molecule has 0 saturated heterocycles. The van der Waals surface area contributed by atoms with Crippen LogP contribution in [0.25, 0.3) is 11.1 Å². The Morgan fingerprint density at radius 2 is 1.72 bits per heavy atom. The Hall–Kier alpha value is -2.29. The predicted octanol–water partition coefficient (Wildman–Crippen LogP) is 3.51. The van der Waals surface area contributed by atoms with E-state index < -0.39 is 9.84 Å². The minimum Gasteiger partial charge on any atom is -0.368 e. The first-order valence-electron chi connectivity index (χ1n) is 6.98. The molecule has 4 N–H and O–H groups in total. The smallest absolute Gasteiger partial charge is 0.248 e. The van der Waals surface area contributed by atoms with E-state index >= 15 is 0 Å². The van der Waals surface area contributed by atoms with Crippen molar-refractivity contribution in [3.05, 3.63) is 46.4 Å². The maximum Gasteiger partial charge on any atom is 0.248 e. The number of nitrogens with zero attached hydrogens (tertiary/aromatic N) is 2. The van der Waals surface area contributed by atoms with Crippen molar-refractivity contribution in [1.29, 1.82) is 0 Å². The first-order valence-corrected chi connectivity index (χ1v) is 9.63. The van der Waals surface area contributed by atoms with Gasteiger partial charge in [-0.3, -0.25) is 0 Å². The molecule has 1 aromatic heterocycles. The number of hydrogen-bond acceptors (Lipinski definition) is 6. The zero-order chi connectivity index (χ0) is 18.2. The molecule has 0 unspecified atom stereocenters. The molecule has 0 aliphatic rings. The summed E-state index contributed by atoms with van der Waals surface area (Å²) in [6.45, 7) is 0. The number of nitrogens with one attached hydrogen (secondary N) is 2. The van der Waals surface area contributed by atoms with E-state index in [4.69, 9.17) is 28.9 Å². The summed E-state index contributed by atoms with van der Waals surface area (Å²) in [4.78, 5) is 4.16. The van der Waals surface area contributed by atoms with Crippen molar-refractivity contribution < 1.29 is 8.42 Å². The molecule has 0 saturated carbocycles. The molecule has 0 radical (unpaired) electrons. The van der Waals surface area contributed by atoms with Crippen molar-refractivity contribution in [2.75, 3.05) is 17.3 Å². The number of anilines is 3. The molecule has 130 valence electrons. The lowest BCUT2D eigenvalue weighted by atomic mass is 10.1. The highest BCUT2D eigenvalue weighted by molar-refractivity contribution is 7.90. The first kappa shape index (κ1) is 17.5. The van der Waals surface area contributed by atoms with Crippen molar-refractivity contribution in [2.24, 2.45) is 0 Å². The van der Waals surface area contributed by atoms with E-state index in [0.717, 1.165) is 6.26 Å². The Morgan fingerprint density at radius 3 is 2.20 bits per heavy atom. The van der Waals surface area contributed by atoms with E-state index in [0.29, 0.717) is 26.9 Å². The highest BCUT2D eigenvalue weighted by Crippen LogP contribution is 2.38. The van der Waals surface area contributed by atoms with Gasteiger partial charge < -0.3 is 11.1 Å². The number of H-pyrrole nitrogens is 1. The molecule has 0 spiro atoms. The summed E-state index contributed by atoms with van der Waals surface area (Å²) in [5, 5.41) is 10.1. The quantitative estimate of drug-likeness (QED) is 0.620. The highest BCUT2D eigenvalue weighted by Gasteiger charge is 2.13. The van der Waals surface area contributed by atoms with Crippen LogP contribution in [0.4, 0.5) is 17.6 Å². The lowest BCUT2D eigenvalue weighted by Gasteiger charge is -2.11. The van der Waals surface area contributed by atoms with Crippen LogP contribution in [0.2, 0.25) is 10.0 Å². The lowest BCUT2D eigenvalue weighted by molar-refractivity contribution is 0.602. The van der Waals surface area contributed by atoms with E-state index in [-0.39, 0.29) is 16.8 Å². The first-order chi connectivity index (χ1) is 11.7. The van der Waals surface area contributed by atoms with E-state index in [1.165, 1.54) is 12.1 Å². The summed E-state index contributed by atoms with van der Waals surface area (Å²) in [6.07, 6.45) is 1.15. The molecule has 0 aliphatic heterocycles. The van der Waals surface area contributed by atoms with Crippen molar-refractivity contribution in [3.8, 4) is 11.1 Å². The third kappa shape index (κ3) is 3.87. The number of rotatable bonds is 4. The van der Waals surface area contributed by atoms with Crippen LogP contribution in [0.1, 0.15) is 0 Å². The van der Waals surface area contributed by atoms with E-state index in [1.54, 1.807) is 24.3 Å². The minimum absolute atomic E-state index is 0.183. The monoisotopic (exact) mass is 397 g/mol. The average molecular weight is 398 g/mol. The molecule has 0 fully saturated rings. The largest absolute Gasteiger partial charge is 0.368 e. The predicted molar refractivity (Wildman–Crippen MR) is 99.1 cm³/mol. The maximum absolute atomic E-state index is 11.6. The van der Waals surface area contributed by atoms with Crippen LogP contribution in [0.3, 0.4) is 0 Å². The standard InChI is InChI=1S/C15H13Cl2N5O2S/c1-25(23,24)10-4-2-8(3-5-10)13-11(16)6-9(7-12(13)17)19-15-20-14(18)21-22-15/h2-7H,1H3,(H4,18,19,20,21,22). The summed E-state index contributed by atoms with van der Waals surface area (Å²) < 4.78 is 23.1. The molecule has 0 atom stereocenters. The molecule has 7 nitrogen and oxygen atoms in total. The number of nitrogens with two attached hydrogens (primary N) is 1. The number of halogens is 2. The van der Waals surface area contributed by atoms with Gasteiger partial charge in [0.05, 0.1) is 14.9 Å². The molecule has 3 rings (SSSR count). The molecular weight excluding hydrogens is 385 g/mol. The topological polar surface area (TPSA) is 114 Å². The normalized spacial score (nSPS) is 11.5. The second-order valence-corrected chi connectivity index (χ2v) is 8.11. The van der Waals surface area contributed by atoms with Gasteiger partial charge in [0, 0.05) is 17.5 Å². The van der Waals surface area contributed by atoms with E-state index in [9.17, 15) is 8.42 Å². The fourth-order valence-corrected chi connectivity index (χ4v) is 3.58. The second-order valence-electron chi connectivity index (χ2n) is 5.28. The van der Waals surface area contributed by atoms with Crippen LogP contribution in [0.5, 0.6) is 0 Å². The summed E-state index contributed by atoms with van der Waals surface area (Å²) >= 11 is 12.7. The average Bonchev–Trinajstić information content (AvgIpc) is 2.91. The molecule has 2 aromatic carbocycles. The third-order valence-electron chi connectivity index (χ3n) is 3.37. The van der Waals surface area contributed by atoms with Crippen molar-refractivity contribution in [3.63, 3.8) is 0 Å². The van der Waals surface area contributed by atoms with Crippen LogP contribution in [-0.2, 0) is 9.84 Å². The van der Waals surface area contributed by atoms with Gasteiger partial charge in [-0.1, -0.05) is 35.3 Å². The van der Waals surface area contributed by atoms with E-state index in [1.807, 2.05) is 0 Å². The van der Waals surface area contributed by atoms with Crippen LogP contribution in [0, 0.1) is 0 Å². The van der Waals surface area contributed by atoms with Crippen molar-refractivity contribution in [2.45, 2.75) is 4.90 Å². The Balaban J connectivity index is 1.95. The molecule has 10 heteroatoms. The number of aromatic amines is 1. The Labute approximate surface area is 154 Å². The van der Waals surface area contributed by atoms with Gasteiger partial charge in [-0.05, 0) is 29.8 Å². The number of hydrogen-bond donors (Lipinski definition) is 3. The molecular formula is C15H13Cl2N5O2S. The summed E-state index contributed by atoms with van der Waals surface area (Å²) in [5.74, 6) is 0.470. The molecule has 0 amide bonds. The third-order valence-corrected chi connectivity index (χ3v) is 5.10. The fourth-order valence-electron chi connectivity index (χ4n) is 2.25. The molecule has 0 aliphatic carbocycles. The number of nitrogen functional groups attached to an aromatic ring is 1. The van der Waals surface area contributed by atoms with Crippen LogP contribution in [-0.4, -0.2) is 29.9 Å². The molecule has 0 bridgehead atoms. The van der Waals surface area contributed by atoms with E-state index in [2.05, 4.69) is 20.5 Å². The van der Waals surface area contributed by atoms with Crippen LogP contribution < -0.4 is 11.1 Å². The summed E-state index contributed by atoms with van der Waals surface area (Å²) in [5.41, 5.74) is 7.36. The SMILES string of the molecule is CS(=O)(=O)c1ccc(-c2c(Cl)cc(Nc3n[nH]c(N)n3)cc2Cl)cc1. The Kier molecular flexibility index (Phi) is 4.59. The minimum atomic E-state index is -3.26. The zero-order valence-electron chi connectivity index (χ0n) is 12.9. The van der Waals surface area contributed by atoms with Gasteiger partial charge in [-0.15, -0.1) is 5.10 Å². The molecule has 1 heterocycles. The fraction of sp³-hybridized carbons (Fsp3) is 0.0667. The maximum atomic E-state index is 11.6. The summed E-state index contributed by atoms with van der Waals surface area (Å²) in [7, 11) is -3.26. The zero-order valence-corrected chi connectivity index (χ0v) is 15.2. The van der Waals surface area contributed by atoms with Gasteiger partial charge in [0.1, 0.15) is 0 Å². The van der Waals surface area contributed by atoms with Gasteiger partial charge in [0.25, 0.3) is 0 Å². The number of sulfone groups is 1. The van der Waals surface area contributed by atoms with Gasteiger partial charge in [-0.2, -0.15) is 4.98 Å². The Bertz CT molecular complexity index is 1010. The van der Waals surface area contributed by atoms with Gasteiger partial charge in [-0.25, -0.2) is 13.5 Å². The second kappa shape index (κ2) is 6.55.